The standard InChI is InChI=1S/C20H19F3N4O/c1-13-4-6-14(7-5-13)15-8-16(10-17(9-15)27-12-24-25-26-27)18(28)11-19(2,3)20(21,22)23/h4-10,12H,11H2,1-3H3. The summed E-state index contributed by atoms with van der Waals surface area (Å²) in [5.41, 5.74) is 1.16. The van der Waals surface area contributed by atoms with E-state index in [1.807, 2.05) is 31.2 Å². The fraction of sp³-hybridized carbons (Fsp3) is 0.300. The zero-order valence-corrected chi connectivity index (χ0v) is 15.7. The van der Waals surface area contributed by atoms with Gasteiger partial charge in [-0.1, -0.05) is 43.7 Å². The predicted molar refractivity (Wildman–Crippen MR) is 98.1 cm³/mol. The summed E-state index contributed by atoms with van der Waals surface area (Å²) in [6.45, 7) is 4.00. The van der Waals surface area contributed by atoms with Gasteiger partial charge in [-0.3, -0.25) is 4.79 Å². The van der Waals surface area contributed by atoms with E-state index in [-0.39, 0.29) is 5.56 Å². The molecule has 8 heteroatoms. The lowest BCUT2D eigenvalue weighted by atomic mass is 9.84. The van der Waals surface area contributed by atoms with Crippen LogP contribution in [-0.2, 0) is 0 Å². The van der Waals surface area contributed by atoms with Gasteiger partial charge in [0.05, 0.1) is 11.1 Å². The van der Waals surface area contributed by atoms with Gasteiger partial charge in [-0.2, -0.15) is 13.2 Å². The van der Waals surface area contributed by atoms with Crippen molar-refractivity contribution in [2.45, 2.75) is 33.4 Å². The first-order chi connectivity index (χ1) is 13.1. The van der Waals surface area contributed by atoms with Gasteiger partial charge in [0.25, 0.3) is 0 Å². The molecule has 0 saturated carbocycles. The van der Waals surface area contributed by atoms with Gasteiger partial charge >= 0.3 is 6.18 Å². The van der Waals surface area contributed by atoms with E-state index in [0.717, 1.165) is 25.0 Å². The number of tetrazole rings is 1. The largest absolute Gasteiger partial charge is 0.394 e. The zero-order valence-electron chi connectivity index (χ0n) is 15.7. The van der Waals surface area contributed by atoms with Crippen LogP contribution in [-0.4, -0.2) is 32.2 Å². The van der Waals surface area contributed by atoms with E-state index >= 15 is 0 Å². The number of nitrogens with zero attached hydrogens (tertiary/aromatic N) is 4. The summed E-state index contributed by atoms with van der Waals surface area (Å²) in [6.07, 6.45) is -3.76. The number of ketones is 1. The van der Waals surface area contributed by atoms with Crippen LogP contribution in [0.2, 0.25) is 0 Å². The molecule has 0 radical (unpaired) electrons. The minimum absolute atomic E-state index is 0.181. The Balaban J connectivity index is 2.05. The Morgan fingerprint density at radius 1 is 1.04 bits per heavy atom. The van der Waals surface area contributed by atoms with Gasteiger partial charge in [-0.05, 0) is 46.7 Å². The van der Waals surface area contributed by atoms with Gasteiger partial charge in [0.2, 0.25) is 0 Å². The number of benzene rings is 2. The molecule has 0 aliphatic carbocycles. The molecular weight excluding hydrogens is 369 g/mol. The highest BCUT2D eigenvalue weighted by Gasteiger charge is 2.48. The Kier molecular flexibility index (Phi) is 5.06. The monoisotopic (exact) mass is 388 g/mol. The van der Waals surface area contributed by atoms with Crippen LogP contribution in [0.25, 0.3) is 16.8 Å². The first-order valence-electron chi connectivity index (χ1n) is 8.62. The number of carbonyl (C=O) groups excluding carboxylic acids is 1. The maximum Gasteiger partial charge on any atom is 0.394 e. The second-order valence-electron chi connectivity index (χ2n) is 7.37. The summed E-state index contributed by atoms with van der Waals surface area (Å²) in [6, 6.07) is 12.5. The van der Waals surface area contributed by atoms with Gasteiger partial charge in [0.15, 0.2) is 5.78 Å². The van der Waals surface area contributed by atoms with Gasteiger partial charge in [0.1, 0.15) is 6.33 Å². The fourth-order valence-corrected chi connectivity index (χ4v) is 2.70. The van der Waals surface area contributed by atoms with Crippen LogP contribution in [0.3, 0.4) is 0 Å². The van der Waals surface area contributed by atoms with E-state index in [2.05, 4.69) is 15.5 Å². The maximum absolute atomic E-state index is 13.2. The highest BCUT2D eigenvalue weighted by molar-refractivity contribution is 5.98. The lowest BCUT2D eigenvalue weighted by Gasteiger charge is -2.27. The minimum Gasteiger partial charge on any atom is -0.294 e. The molecule has 0 aliphatic heterocycles. The third-order valence-electron chi connectivity index (χ3n) is 4.61. The summed E-state index contributed by atoms with van der Waals surface area (Å²) in [4.78, 5) is 12.7. The van der Waals surface area contributed by atoms with Crippen LogP contribution < -0.4 is 0 Å². The van der Waals surface area contributed by atoms with Crippen LogP contribution in [0.5, 0.6) is 0 Å². The molecule has 0 unspecified atom stereocenters. The van der Waals surface area contributed by atoms with E-state index in [0.29, 0.717) is 11.3 Å². The SMILES string of the molecule is Cc1ccc(-c2cc(C(=O)CC(C)(C)C(F)(F)F)cc(-n3cnnn3)c2)cc1. The van der Waals surface area contributed by atoms with Crippen molar-refractivity contribution in [1.29, 1.82) is 0 Å². The summed E-state index contributed by atoms with van der Waals surface area (Å²) in [5.74, 6) is -0.592. The molecule has 0 saturated heterocycles. The molecule has 3 rings (SSSR count). The van der Waals surface area contributed by atoms with Crippen molar-refractivity contribution in [1.82, 2.24) is 20.2 Å². The van der Waals surface area contributed by atoms with Gasteiger partial charge < -0.3 is 0 Å². The van der Waals surface area contributed by atoms with Gasteiger partial charge in [0, 0.05) is 12.0 Å². The average molecular weight is 388 g/mol. The maximum atomic E-state index is 13.2. The Morgan fingerprint density at radius 3 is 2.29 bits per heavy atom. The van der Waals surface area contributed by atoms with Crippen LogP contribution in [0, 0.1) is 12.3 Å². The van der Waals surface area contributed by atoms with Crippen molar-refractivity contribution < 1.29 is 18.0 Å². The second-order valence-corrected chi connectivity index (χ2v) is 7.37. The zero-order chi connectivity index (χ0) is 20.5. The van der Waals surface area contributed by atoms with Gasteiger partial charge in [-0.25, -0.2) is 4.68 Å². The molecule has 0 atom stereocenters. The molecular formula is C20H19F3N4O. The number of hydrogen-bond donors (Lipinski definition) is 0. The van der Waals surface area contributed by atoms with E-state index in [4.69, 9.17) is 0 Å². The van der Waals surface area contributed by atoms with Crippen LogP contribution >= 0.6 is 0 Å². The van der Waals surface area contributed by atoms with Crippen LogP contribution in [0.4, 0.5) is 13.2 Å². The topological polar surface area (TPSA) is 60.7 Å². The highest BCUT2D eigenvalue weighted by Crippen LogP contribution is 2.41. The third kappa shape index (κ3) is 4.11. The molecule has 1 heterocycles. The van der Waals surface area contributed by atoms with E-state index in [1.54, 1.807) is 12.1 Å². The number of Topliss-reactive ketones (excluding diaryl/α,β-unsaturated/α-hetero) is 1. The first kappa shape index (κ1) is 19.7. The quantitative estimate of drug-likeness (QED) is 0.589. The molecule has 3 aromatic rings. The molecule has 28 heavy (non-hydrogen) atoms. The summed E-state index contributed by atoms with van der Waals surface area (Å²) < 4.78 is 41.0. The molecule has 146 valence electrons. The Labute approximate surface area is 160 Å². The van der Waals surface area contributed by atoms with Crippen molar-refractivity contribution in [3.8, 4) is 16.8 Å². The number of alkyl halides is 3. The molecule has 0 bridgehead atoms. The highest BCUT2D eigenvalue weighted by atomic mass is 19.4. The molecule has 0 spiro atoms. The molecule has 5 nitrogen and oxygen atoms in total. The Bertz CT molecular complexity index is 978. The van der Waals surface area contributed by atoms with Crippen molar-refractivity contribution in [2.75, 3.05) is 0 Å². The first-order valence-corrected chi connectivity index (χ1v) is 8.62. The Hall–Kier alpha value is -3.03. The van der Waals surface area contributed by atoms with Crippen molar-refractivity contribution in [2.24, 2.45) is 5.41 Å². The third-order valence-corrected chi connectivity index (χ3v) is 4.61. The predicted octanol–water partition coefficient (Wildman–Crippen LogP) is 4.80. The molecule has 0 N–H and O–H groups in total. The average Bonchev–Trinajstić information content (AvgIpc) is 3.15. The minimum atomic E-state index is -4.48. The van der Waals surface area contributed by atoms with Crippen molar-refractivity contribution in [3.63, 3.8) is 0 Å². The normalized spacial score (nSPS) is 12.2. The number of halogens is 3. The lowest BCUT2D eigenvalue weighted by molar-refractivity contribution is -0.209. The summed E-state index contributed by atoms with van der Waals surface area (Å²) >= 11 is 0. The van der Waals surface area contributed by atoms with Crippen LogP contribution in [0.1, 0.15) is 36.2 Å². The number of rotatable bonds is 5. The molecule has 0 amide bonds. The number of aryl methyl sites for hydroxylation is 1. The van der Waals surface area contributed by atoms with Crippen LogP contribution in [0.15, 0.2) is 48.8 Å². The number of hydrogen-bond acceptors (Lipinski definition) is 4. The lowest BCUT2D eigenvalue weighted by Crippen LogP contribution is -2.34. The van der Waals surface area contributed by atoms with Crippen molar-refractivity contribution in [3.05, 3.63) is 59.9 Å². The molecule has 2 aromatic carbocycles. The van der Waals surface area contributed by atoms with Crippen molar-refractivity contribution >= 4 is 5.78 Å². The van der Waals surface area contributed by atoms with E-state index in [9.17, 15) is 18.0 Å². The van der Waals surface area contributed by atoms with Gasteiger partial charge in [-0.15, -0.1) is 5.10 Å². The smallest absolute Gasteiger partial charge is 0.294 e. The number of carbonyl (C=O) groups is 1. The van der Waals surface area contributed by atoms with E-state index in [1.165, 1.54) is 17.1 Å². The van der Waals surface area contributed by atoms with E-state index < -0.39 is 23.8 Å². The molecule has 0 aliphatic rings. The summed E-state index contributed by atoms with van der Waals surface area (Å²) in [7, 11) is 0. The fourth-order valence-electron chi connectivity index (χ4n) is 2.70. The molecule has 0 fully saturated rings. The summed E-state index contributed by atoms with van der Waals surface area (Å²) in [5, 5.41) is 11.0. The number of aromatic nitrogens is 4. The molecule has 1 aromatic heterocycles. The second kappa shape index (κ2) is 7.18. The Morgan fingerprint density at radius 2 is 1.71 bits per heavy atom.